The molecule has 0 bridgehead atoms. The van der Waals surface area contributed by atoms with E-state index in [2.05, 4.69) is 25.9 Å². The van der Waals surface area contributed by atoms with Gasteiger partial charge in [-0.25, -0.2) is 0 Å². The zero-order valence-electron chi connectivity index (χ0n) is 12.7. The van der Waals surface area contributed by atoms with E-state index < -0.39 is 6.10 Å². The molecule has 1 heterocycles. The average Bonchev–Trinajstić information content (AvgIpc) is 2.51. The first-order valence-electron chi connectivity index (χ1n) is 6.66. The quantitative estimate of drug-likeness (QED) is 0.906. The fraction of sp³-hybridized carbons (Fsp3) is 0.786. The highest BCUT2D eigenvalue weighted by Crippen LogP contribution is 2.28. The van der Waals surface area contributed by atoms with Crippen LogP contribution >= 0.6 is 11.6 Å². The number of aliphatic hydroxyl groups excluding tert-OH is 1. The first-order valence-corrected chi connectivity index (χ1v) is 7.03. The molecular weight excluding hydrogens is 264 g/mol. The van der Waals surface area contributed by atoms with E-state index in [1.54, 1.807) is 4.68 Å². The highest BCUT2D eigenvalue weighted by Gasteiger charge is 2.33. The normalized spacial score (nSPS) is 15.6. The van der Waals surface area contributed by atoms with Crippen LogP contribution in [-0.4, -0.2) is 33.7 Å². The second-order valence-electron chi connectivity index (χ2n) is 5.98. The van der Waals surface area contributed by atoms with Gasteiger partial charge in [0.2, 0.25) is 0 Å². The maximum Gasteiger partial charge on any atom is 0.0885 e. The number of nitrogens with zero attached hydrogens (tertiary/aromatic N) is 2. The van der Waals surface area contributed by atoms with Gasteiger partial charge in [-0.05, 0) is 19.3 Å². The summed E-state index contributed by atoms with van der Waals surface area (Å²) >= 11 is 6.22. The standard InChI is InChI=1S/C14H25ClN2O2/c1-7-19-13(14(3,4)5)11(18)8-10-12(15)9(2)16-17(10)6/h11,13,18H,7-8H2,1-6H3. The molecule has 110 valence electrons. The van der Waals surface area contributed by atoms with Gasteiger partial charge < -0.3 is 9.84 Å². The molecule has 4 nitrogen and oxygen atoms in total. The fourth-order valence-electron chi connectivity index (χ4n) is 2.32. The van der Waals surface area contributed by atoms with Gasteiger partial charge in [0.05, 0.1) is 28.6 Å². The Morgan fingerprint density at radius 3 is 2.37 bits per heavy atom. The second kappa shape index (κ2) is 6.25. The Morgan fingerprint density at radius 2 is 2.00 bits per heavy atom. The Balaban J connectivity index is 2.90. The van der Waals surface area contributed by atoms with Crippen molar-refractivity contribution in [1.29, 1.82) is 0 Å². The molecule has 0 saturated carbocycles. The second-order valence-corrected chi connectivity index (χ2v) is 6.36. The van der Waals surface area contributed by atoms with Crippen molar-refractivity contribution in [2.24, 2.45) is 12.5 Å². The molecule has 2 atom stereocenters. The molecule has 0 aliphatic heterocycles. The number of hydrogen-bond donors (Lipinski definition) is 1. The molecule has 0 spiro atoms. The van der Waals surface area contributed by atoms with Crippen LogP contribution in [0.5, 0.6) is 0 Å². The minimum atomic E-state index is -0.604. The minimum Gasteiger partial charge on any atom is -0.390 e. The van der Waals surface area contributed by atoms with Gasteiger partial charge >= 0.3 is 0 Å². The monoisotopic (exact) mass is 288 g/mol. The Bertz CT molecular complexity index is 424. The summed E-state index contributed by atoms with van der Waals surface area (Å²) in [6.45, 7) is 10.6. The Labute approximate surface area is 120 Å². The summed E-state index contributed by atoms with van der Waals surface area (Å²) in [5, 5.41) is 15.4. The lowest BCUT2D eigenvalue weighted by Gasteiger charge is -2.34. The molecule has 0 saturated heterocycles. The van der Waals surface area contributed by atoms with Gasteiger partial charge in [-0.2, -0.15) is 5.10 Å². The van der Waals surface area contributed by atoms with Gasteiger partial charge in [-0.3, -0.25) is 4.68 Å². The molecule has 2 unspecified atom stereocenters. The fourth-order valence-corrected chi connectivity index (χ4v) is 2.56. The minimum absolute atomic E-state index is 0.129. The Hall–Kier alpha value is -0.580. The zero-order valence-corrected chi connectivity index (χ0v) is 13.5. The van der Waals surface area contributed by atoms with Crippen molar-refractivity contribution < 1.29 is 9.84 Å². The van der Waals surface area contributed by atoms with Crippen molar-refractivity contribution >= 4 is 11.6 Å². The summed E-state index contributed by atoms with van der Waals surface area (Å²) in [4.78, 5) is 0. The molecule has 1 aromatic rings. The van der Waals surface area contributed by atoms with Crippen LogP contribution < -0.4 is 0 Å². The van der Waals surface area contributed by atoms with Crippen LogP contribution in [0.25, 0.3) is 0 Å². The van der Waals surface area contributed by atoms with Crippen molar-refractivity contribution in [2.75, 3.05) is 6.61 Å². The molecule has 5 heteroatoms. The Morgan fingerprint density at radius 1 is 1.42 bits per heavy atom. The summed E-state index contributed by atoms with van der Waals surface area (Å²) < 4.78 is 7.43. The van der Waals surface area contributed by atoms with Crippen molar-refractivity contribution in [1.82, 2.24) is 9.78 Å². The van der Waals surface area contributed by atoms with Crippen LogP contribution in [0.2, 0.25) is 5.02 Å². The molecule has 1 aromatic heterocycles. The molecule has 0 fully saturated rings. The van der Waals surface area contributed by atoms with E-state index in [4.69, 9.17) is 16.3 Å². The first kappa shape index (κ1) is 16.5. The number of rotatable bonds is 5. The van der Waals surface area contributed by atoms with Crippen LogP contribution in [0.1, 0.15) is 39.1 Å². The summed E-state index contributed by atoms with van der Waals surface area (Å²) in [6, 6.07) is 0. The van der Waals surface area contributed by atoms with Gasteiger partial charge in [-0.1, -0.05) is 32.4 Å². The summed E-state index contributed by atoms with van der Waals surface area (Å²) in [7, 11) is 1.84. The molecule has 0 amide bonds. The van der Waals surface area contributed by atoms with Crippen LogP contribution in [0.3, 0.4) is 0 Å². The lowest BCUT2D eigenvalue weighted by Crippen LogP contribution is -2.41. The lowest BCUT2D eigenvalue weighted by molar-refractivity contribution is -0.0878. The van der Waals surface area contributed by atoms with Crippen LogP contribution in [-0.2, 0) is 18.2 Å². The molecule has 19 heavy (non-hydrogen) atoms. The van der Waals surface area contributed by atoms with Crippen molar-refractivity contribution in [3.8, 4) is 0 Å². The summed E-state index contributed by atoms with van der Waals surface area (Å²) in [5.74, 6) is 0. The number of aryl methyl sites for hydroxylation is 2. The van der Waals surface area contributed by atoms with E-state index in [0.29, 0.717) is 18.1 Å². The molecule has 1 N–H and O–H groups in total. The maximum atomic E-state index is 10.5. The molecule has 1 rings (SSSR count). The largest absolute Gasteiger partial charge is 0.390 e. The number of aromatic nitrogens is 2. The van der Waals surface area contributed by atoms with Gasteiger partial charge in [0.25, 0.3) is 0 Å². The third-order valence-corrected chi connectivity index (χ3v) is 3.71. The highest BCUT2D eigenvalue weighted by molar-refractivity contribution is 6.31. The third-order valence-electron chi connectivity index (χ3n) is 3.21. The van der Waals surface area contributed by atoms with Crippen LogP contribution in [0.15, 0.2) is 0 Å². The topological polar surface area (TPSA) is 47.3 Å². The first-order chi connectivity index (χ1) is 8.68. The molecule has 0 aromatic carbocycles. The van der Waals surface area contributed by atoms with Crippen molar-refractivity contribution in [3.05, 3.63) is 16.4 Å². The van der Waals surface area contributed by atoms with E-state index in [9.17, 15) is 5.11 Å². The predicted molar refractivity (Wildman–Crippen MR) is 77.5 cm³/mol. The van der Waals surface area contributed by atoms with Gasteiger partial charge in [-0.15, -0.1) is 0 Å². The van der Waals surface area contributed by atoms with E-state index in [1.807, 2.05) is 20.9 Å². The van der Waals surface area contributed by atoms with E-state index >= 15 is 0 Å². The average molecular weight is 289 g/mol. The lowest BCUT2D eigenvalue weighted by atomic mass is 9.84. The Kier molecular flexibility index (Phi) is 5.42. The maximum absolute atomic E-state index is 10.5. The van der Waals surface area contributed by atoms with Gasteiger partial charge in [0, 0.05) is 20.1 Å². The molecular formula is C14H25ClN2O2. The van der Waals surface area contributed by atoms with E-state index in [-0.39, 0.29) is 11.5 Å². The highest BCUT2D eigenvalue weighted by atomic mass is 35.5. The SMILES string of the molecule is CCOC(C(O)Cc1c(Cl)c(C)nn1C)C(C)(C)C. The summed E-state index contributed by atoms with van der Waals surface area (Å²) in [6.07, 6.45) is -0.394. The molecule has 0 radical (unpaired) electrons. The van der Waals surface area contributed by atoms with E-state index in [0.717, 1.165) is 11.4 Å². The number of halogens is 1. The van der Waals surface area contributed by atoms with Crippen LogP contribution in [0, 0.1) is 12.3 Å². The number of ether oxygens (including phenoxy) is 1. The van der Waals surface area contributed by atoms with Crippen molar-refractivity contribution in [2.45, 2.75) is 53.2 Å². The van der Waals surface area contributed by atoms with Crippen LogP contribution in [0.4, 0.5) is 0 Å². The zero-order chi connectivity index (χ0) is 14.8. The van der Waals surface area contributed by atoms with E-state index in [1.165, 1.54) is 0 Å². The van der Waals surface area contributed by atoms with Gasteiger partial charge in [0.1, 0.15) is 0 Å². The van der Waals surface area contributed by atoms with Gasteiger partial charge in [0.15, 0.2) is 0 Å². The predicted octanol–water partition coefficient (Wildman–Crippen LogP) is 2.74. The summed E-state index contributed by atoms with van der Waals surface area (Å²) in [5.41, 5.74) is 1.51. The number of aliphatic hydroxyl groups is 1. The molecule has 0 aliphatic carbocycles. The smallest absolute Gasteiger partial charge is 0.0885 e. The molecule has 0 aliphatic rings. The third kappa shape index (κ3) is 3.94. The number of hydrogen-bond acceptors (Lipinski definition) is 3. The van der Waals surface area contributed by atoms with Crippen molar-refractivity contribution in [3.63, 3.8) is 0 Å².